The van der Waals surface area contributed by atoms with Crippen LogP contribution in [0, 0.1) is 24.2 Å². The van der Waals surface area contributed by atoms with Crippen molar-refractivity contribution in [3.8, 4) is 11.8 Å². The molecule has 0 saturated carbocycles. The molecular weight excluding hydrogens is 350 g/mol. The Bertz CT molecular complexity index is 999. The summed E-state index contributed by atoms with van der Waals surface area (Å²) in [6.45, 7) is 6.53. The molecule has 1 atom stereocenters. The topological polar surface area (TPSA) is 81.0 Å². The fraction of sp³-hybridized carbons (Fsp3) is 0.300. The number of ether oxygens (including phenoxy) is 1. The van der Waals surface area contributed by atoms with Gasteiger partial charge in [-0.1, -0.05) is 43.6 Å². The van der Waals surface area contributed by atoms with E-state index in [0.717, 1.165) is 5.69 Å². The molecule has 0 aliphatic carbocycles. The van der Waals surface area contributed by atoms with Gasteiger partial charge < -0.3 is 15.0 Å². The van der Waals surface area contributed by atoms with Crippen molar-refractivity contribution >= 4 is 11.6 Å². The SMILES string of the molecule is Cc1cc2c(c(=O)n1CC(C)C)C(c1ccccc1Cl)C(C#N)=C(N)O2. The van der Waals surface area contributed by atoms with E-state index in [0.29, 0.717) is 34.4 Å². The molecule has 134 valence electrons. The number of hydrogen-bond donors (Lipinski definition) is 1. The van der Waals surface area contributed by atoms with E-state index in [1.807, 2.05) is 26.8 Å². The summed E-state index contributed by atoms with van der Waals surface area (Å²) in [5.74, 6) is 0.0342. The second-order valence-electron chi connectivity index (χ2n) is 6.82. The number of allylic oxidation sites excluding steroid dienone is 1. The lowest BCUT2D eigenvalue weighted by Crippen LogP contribution is -2.33. The predicted octanol–water partition coefficient (Wildman–Crippen LogP) is 3.68. The number of benzene rings is 1. The summed E-state index contributed by atoms with van der Waals surface area (Å²) in [5.41, 5.74) is 7.85. The minimum Gasteiger partial charge on any atom is -0.440 e. The second-order valence-corrected chi connectivity index (χ2v) is 7.23. The van der Waals surface area contributed by atoms with Crippen LogP contribution in [-0.2, 0) is 6.54 Å². The Balaban J connectivity index is 2.34. The molecule has 1 aliphatic rings. The summed E-state index contributed by atoms with van der Waals surface area (Å²) in [6, 6.07) is 11.1. The zero-order valence-electron chi connectivity index (χ0n) is 14.9. The standard InChI is InChI=1S/C20H20ClN3O2/c1-11(2)10-24-12(3)8-16-18(20(24)25)17(14(9-22)19(23)26-16)13-6-4-5-7-15(13)21/h4-8,11,17H,10,23H2,1-3H3. The summed E-state index contributed by atoms with van der Waals surface area (Å²) < 4.78 is 7.34. The number of aromatic nitrogens is 1. The van der Waals surface area contributed by atoms with Crippen molar-refractivity contribution in [3.05, 3.63) is 74.0 Å². The first-order valence-electron chi connectivity index (χ1n) is 8.41. The van der Waals surface area contributed by atoms with Gasteiger partial charge in [0.25, 0.3) is 5.56 Å². The van der Waals surface area contributed by atoms with Crippen molar-refractivity contribution in [2.24, 2.45) is 11.7 Å². The third-order valence-corrected chi connectivity index (χ3v) is 4.80. The van der Waals surface area contributed by atoms with Gasteiger partial charge in [0.2, 0.25) is 5.88 Å². The highest BCUT2D eigenvalue weighted by molar-refractivity contribution is 6.31. The Morgan fingerprint density at radius 2 is 2.08 bits per heavy atom. The number of nitrogens with two attached hydrogens (primary N) is 1. The van der Waals surface area contributed by atoms with Gasteiger partial charge in [-0.2, -0.15) is 5.26 Å². The molecule has 1 unspecified atom stereocenters. The molecule has 2 aromatic rings. The zero-order valence-corrected chi connectivity index (χ0v) is 15.7. The van der Waals surface area contributed by atoms with E-state index in [1.165, 1.54) is 0 Å². The number of aryl methyl sites for hydroxylation is 1. The van der Waals surface area contributed by atoms with Crippen LogP contribution in [0.15, 0.2) is 46.6 Å². The predicted molar refractivity (Wildman–Crippen MR) is 101 cm³/mol. The van der Waals surface area contributed by atoms with Crippen molar-refractivity contribution in [2.45, 2.75) is 33.2 Å². The van der Waals surface area contributed by atoms with E-state index >= 15 is 0 Å². The first kappa shape index (κ1) is 18.1. The van der Waals surface area contributed by atoms with Crippen molar-refractivity contribution in [3.63, 3.8) is 0 Å². The molecule has 1 aromatic heterocycles. The highest BCUT2D eigenvalue weighted by Gasteiger charge is 2.35. The van der Waals surface area contributed by atoms with Gasteiger partial charge in [-0.3, -0.25) is 4.79 Å². The van der Waals surface area contributed by atoms with Crippen LogP contribution in [0.2, 0.25) is 5.02 Å². The molecule has 2 N–H and O–H groups in total. The van der Waals surface area contributed by atoms with Crippen molar-refractivity contribution in [1.29, 1.82) is 5.26 Å². The fourth-order valence-electron chi connectivity index (χ4n) is 3.30. The highest BCUT2D eigenvalue weighted by atomic mass is 35.5. The average molecular weight is 370 g/mol. The Kier molecular flexibility index (Phi) is 4.80. The molecule has 0 radical (unpaired) electrons. The normalized spacial score (nSPS) is 16.2. The Morgan fingerprint density at radius 1 is 1.38 bits per heavy atom. The third-order valence-electron chi connectivity index (χ3n) is 4.45. The van der Waals surface area contributed by atoms with Gasteiger partial charge in [-0.05, 0) is 24.5 Å². The van der Waals surface area contributed by atoms with Gasteiger partial charge in [0.05, 0.1) is 11.5 Å². The summed E-state index contributed by atoms with van der Waals surface area (Å²) >= 11 is 6.38. The molecule has 1 aromatic carbocycles. The smallest absolute Gasteiger partial charge is 0.258 e. The maximum Gasteiger partial charge on any atom is 0.258 e. The molecule has 0 fully saturated rings. The van der Waals surface area contributed by atoms with Gasteiger partial charge in [-0.25, -0.2) is 0 Å². The van der Waals surface area contributed by atoms with Crippen LogP contribution in [0.4, 0.5) is 0 Å². The van der Waals surface area contributed by atoms with E-state index in [-0.39, 0.29) is 17.0 Å². The highest BCUT2D eigenvalue weighted by Crippen LogP contribution is 2.42. The van der Waals surface area contributed by atoms with E-state index in [2.05, 4.69) is 6.07 Å². The van der Waals surface area contributed by atoms with Crippen LogP contribution in [0.1, 0.15) is 36.6 Å². The van der Waals surface area contributed by atoms with Crippen LogP contribution < -0.4 is 16.0 Å². The zero-order chi connectivity index (χ0) is 19.0. The molecule has 26 heavy (non-hydrogen) atoms. The number of hydrogen-bond acceptors (Lipinski definition) is 4. The van der Waals surface area contributed by atoms with E-state index in [1.54, 1.807) is 28.8 Å². The molecule has 1 aliphatic heterocycles. The first-order valence-corrected chi connectivity index (χ1v) is 8.79. The monoisotopic (exact) mass is 369 g/mol. The van der Waals surface area contributed by atoms with Crippen molar-refractivity contribution < 1.29 is 4.74 Å². The largest absolute Gasteiger partial charge is 0.440 e. The maximum atomic E-state index is 13.3. The van der Waals surface area contributed by atoms with E-state index in [9.17, 15) is 10.1 Å². The summed E-state index contributed by atoms with van der Waals surface area (Å²) in [7, 11) is 0. The molecule has 2 heterocycles. The van der Waals surface area contributed by atoms with Gasteiger partial charge in [0, 0.05) is 23.3 Å². The van der Waals surface area contributed by atoms with Crippen LogP contribution in [0.5, 0.6) is 5.75 Å². The fourth-order valence-corrected chi connectivity index (χ4v) is 3.54. The van der Waals surface area contributed by atoms with Crippen LogP contribution in [-0.4, -0.2) is 4.57 Å². The number of nitrogens with zero attached hydrogens (tertiary/aromatic N) is 2. The Hall–Kier alpha value is -2.71. The average Bonchev–Trinajstić information content (AvgIpc) is 2.58. The van der Waals surface area contributed by atoms with Gasteiger partial charge in [0.15, 0.2) is 0 Å². The lowest BCUT2D eigenvalue weighted by atomic mass is 9.84. The number of rotatable bonds is 3. The minimum atomic E-state index is -0.649. The molecule has 3 rings (SSSR count). The summed E-state index contributed by atoms with van der Waals surface area (Å²) in [5, 5.41) is 10.1. The molecule has 0 saturated heterocycles. The summed E-state index contributed by atoms with van der Waals surface area (Å²) in [4.78, 5) is 13.3. The second kappa shape index (κ2) is 6.89. The number of halogens is 1. The van der Waals surface area contributed by atoms with Crippen LogP contribution in [0.25, 0.3) is 0 Å². The Labute approximate surface area is 157 Å². The lowest BCUT2D eigenvalue weighted by molar-refractivity contribution is 0.386. The molecule has 6 heteroatoms. The molecule has 0 bridgehead atoms. The van der Waals surface area contributed by atoms with Crippen LogP contribution >= 0.6 is 11.6 Å². The molecule has 0 amide bonds. The quantitative estimate of drug-likeness (QED) is 0.894. The van der Waals surface area contributed by atoms with E-state index in [4.69, 9.17) is 22.1 Å². The van der Waals surface area contributed by atoms with Gasteiger partial charge in [0.1, 0.15) is 17.4 Å². The molecule has 0 spiro atoms. The first-order chi connectivity index (χ1) is 12.3. The number of pyridine rings is 1. The molecular formula is C20H20ClN3O2. The van der Waals surface area contributed by atoms with Gasteiger partial charge in [-0.15, -0.1) is 0 Å². The molecule has 5 nitrogen and oxygen atoms in total. The van der Waals surface area contributed by atoms with Crippen LogP contribution in [0.3, 0.4) is 0 Å². The van der Waals surface area contributed by atoms with Crippen molar-refractivity contribution in [1.82, 2.24) is 4.57 Å². The third kappa shape index (κ3) is 2.97. The summed E-state index contributed by atoms with van der Waals surface area (Å²) in [6.07, 6.45) is 0. The Morgan fingerprint density at radius 3 is 2.69 bits per heavy atom. The van der Waals surface area contributed by atoms with Crippen molar-refractivity contribution in [2.75, 3.05) is 0 Å². The van der Waals surface area contributed by atoms with Gasteiger partial charge >= 0.3 is 0 Å². The number of nitriles is 1. The minimum absolute atomic E-state index is 0.00493. The number of fused-ring (bicyclic) bond motifs is 1. The van der Waals surface area contributed by atoms with E-state index < -0.39 is 5.92 Å². The maximum absolute atomic E-state index is 13.3. The lowest BCUT2D eigenvalue weighted by Gasteiger charge is -2.28.